The molecule has 0 bridgehead atoms. The molecular weight excluding hydrogens is 278 g/mol. The standard InChI is InChI=1S/C17H25N3O2/c1-4-9-20-11-6-8-17(20)7-5-10-19(12-17)16(21)15-13(2)18-22-14(15)3/h4H,1,5-12H2,2-3H3/t17-/m1/s1. The Labute approximate surface area is 131 Å². The van der Waals surface area contributed by atoms with E-state index in [0.717, 1.165) is 32.6 Å². The van der Waals surface area contributed by atoms with Gasteiger partial charge in [0.15, 0.2) is 0 Å². The highest BCUT2D eigenvalue weighted by molar-refractivity contribution is 5.96. The van der Waals surface area contributed by atoms with Crippen molar-refractivity contribution < 1.29 is 9.32 Å². The van der Waals surface area contributed by atoms with E-state index in [1.54, 1.807) is 0 Å². The first-order valence-corrected chi connectivity index (χ1v) is 8.15. The first-order chi connectivity index (χ1) is 10.6. The minimum atomic E-state index is 0.0702. The van der Waals surface area contributed by atoms with Crippen LogP contribution in [0.2, 0.25) is 0 Å². The summed E-state index contributed by atoms with van der Waals surface area (Å²) in [5.41, 5.74) is 1.47. The van der Waals surface area contributed by atoms with Crippen molar-refractivity contribution in [3.63, 3.8) is 0 Å². The minimum Gasteiger partial charge on any atom is -0.361 e. The number of aromatic nitrogens is 1. The topological polar surface area (TPSA) is 49.6 Å². The molecule has 5 nitrogen and oxygen atoms in total. The average molecular weight is 303 g/mol. The second kappa shape index (κ2) is 5.88. The highest BCUT2D eigenvalue weighted by atomic mass is 16.5. The maximum absolute atomic E-state index is 12.9. The monoisotopic (exact) mass is 303 g/mol. The van der Waals surface area contributed by atoms with Crippen LogP contribution in [-0.4, -0.2) is 52.6 Å². The molecule has 1 aromatic heterocycles. The molecule has 0 radical (unpaired) electrons. The maximum Gasteiger partial charge on any atom is 0.259 e. The van der Waals surface area contributed by atoms with E-state index in [1.165, 1.54) is 19.3 Å². The van der Waals surface area contributed by atoms with Gasteiger partial charge in [0, 0.05) is 25.2 Å². The summed E-state index contributed by atoms with van der Waals surface area (Å²) in [6.45, 7) is 11.2. The number of rotatable bonds is 3. The third-order valence-corrected chi connectivity index (χ3v) is 5.18. The van der Waals surface area contributed by atoms with Crippen LogP contribution in [0.15, 0.2) is 17.2 Å². The first kappa shape index (κ1) is 15.3. The Bertz CT molecular complexity index is 561. The van der Waals surface area contributed by atoms with Crippen molar-refractivity contribution in [1.29, 1.82) is 0 Å². The molecule has 2 saturated heterocycles. The normalized spacial score (nSPS) is 25.8. The highest BCUT2D eigenvalue weighted by Gasteiger charge is 2.44. The first-order valence-electron chi connectivity index (χ1n) is 8.15. The van der Waals surface area contributed by atoms with E-state index in [2.05, 4.69) is 16.6 Å². The SMILES string of the molecule is C=CCN1CCC[C@@]12CCCN(C(=O)c1c(C)noc1C)C2. The van der Waals surface area contributed by atoms with Crippen LogP contribution in [0.25, 0.3) is 0 Å². The van der Waals surface area contributed by atoms with Gasteiger partial charge in [0.2, 0.25) is 0 Å². The van der Waals surface area contributed by atoms with E-state index in [1.807, 2.05) is 24.8 Å². The molecule has 0 aromatic carbocycles. The number of nitrogens with zero attached hydrogens (tertiary/aromatic N) is 3. The Morgan fingerprint density at radius 2 is 2.09 bits per heavy atom. The Balaban J connectivity index is 1.81. The zero-order chi connectivity index (χ0) is 15.7. The molecule has 1 aromatic rings. The maximum atomic E-state index is 12.9. The molecule has 1 spiro atoms. The van der Waals surface area contributed by atoms with Gasteiger partial charge < -0.3 is 9.42 Å². The number of likely N-dealkylation sites (tertiary alicyclic amines) is 2. The fourth-order valence-corrected chi connectivity index (χ4v) is 4.13. The largest absolute Gasteiger partial charge is 0.361 e. The summed E-state index contributed by atoms with van der Waals surface area (Å²) in [5.74, 6) is 0.692. The average Bonchev–Trinajstić information content (AvgIpc) is 3.03. The highest BCUT2D eigenvalue weighted by Crippen LogP contribution is 2.37. The Morgan fingerprint density at radius 1 is 1.36 bits per heavy atom. The van der Waals surface area contributed by atoms with Crippen LogP contribution in [0.5, 0.6) is 0 Å². The second-order valence-corrected chi connectivity index (χ2v) is 6.59. The molecule has 5 heteroatoms. The lowest BCUT2D eigenvalue weighted by molar-refractivity contribution is 0.0365. The third kappa shape index (κ3) is 2.47. The number of amides is 1. The van der Waals surface area contributed by atoms with Crippen LogP contribution in [0.4, 0.5) is 0 Å². The zero-order valence-corrected chi connectivity index (χ0v) is 13.6. The van der Waals surface area contributed by atoms with Gasteiger partial charge in [-0.05, 0) is 46.1 Å². The van der Waals surface area contributed by atoms with Gasteiger partial charge in [0.05, 0.1) is 5.69 Å². The van der Waals surface area contributed by atoms with Crippen molar-refractivity contribution in [2.45, 2.75) is 45.1 Å². The molecule has 0 N–H and O–H groups in total. The van der Waals surface area contributed by atoms with E-state index in [-0.39, 0.29) is 11.4 Å². The molecule has 120 valence electrons. The molecule has 0 unspecified atom stereocenters. The van der Waals surface area contributed by atoms with Crippen molar-refractivity contribution >= 4 is 5.91 Å². The van der Waals surface area contributed by atoms with Crippen molar-refractivity contribution in [3.05, 3.63) is 29.7 Å². The number of hydrogen-bond donors (Lipinski definition) is 0. The van der Waals surface area contributed by atoms with Crippen LogP contribution in [0, 0.1) is 13.8 Å². The molecule has 0 aliphatic carbocycles. The van der Waals surface area contributed by atoms with Crippen molar-refractivity contribution in [2.24, 2.45) is 0 Å². The molecule has 3 rings (SSSR count). The van der Waals surface area contributed by atoms with Crippen LogP contribution < -0.4 is 0 Å². The predicted octanol–water partition coefficient (Wildman–Crippen LogP) is 2.55. The Hall–Kier alpha value is -1.62. The number of carbonyl (C=O) groups excluding carboxylic acids is 1. The molecule has 1 atom stereocenters. The van der Waals surface area contributed by atoms with E-state index >= 15 is 0 Å². The zero-order valence-electron chi connectivity index (χ0n) is 13.6. The number of piperidine rings is 1. The van der Waals surface area contributed by atoms with Crippen molar-refractivity contribution in [2.75, 3.05) is 26.2 Å². The molecule has 1 amide bonds. The van der Waals surface area contributed by atoms with E-state index in [9.17, 15) is 4.79 Å². The van der Waals surface area contributed by atoms with Crippen molar-refractivity contribution in [1.82, 2.24) is 15.0 Å². The summed E-state index contributed by atoms with van der Waals surface area (Å²) in [4.78, 5) is 17.4. The van der Waals surface area contributed by atoms with Gasteiger partial charge in [-0.1, -0.05) is 11.2 Å². The number of aryl methyl sites for hydroxylation is 2. The number of hydrogen-bond acceptors (Lipinski definition) is 4. The smallest absolute Gasteiger partial charge is 0.259 e. The lowest BCUT2D eigenvalue weighted by Crippen LogP contribution is -2.57. The Kier molecular flexibility index (Phi) is 4.08. The van der Waals surface area contributed by atoms with Crippen LogP contribution >= 0.6 is 0 Å². The molecule has 22 heavy (non-hydrogen) atoms. The van der Waals surface area contributed by atoms with Crippen LogP contribution in [0.1, 0.15) is 47.5 Å². The van der Waals surface area contributed by atoms with Gasteiger partial charge in [-0.25, -0.2) is 0 Å². The van der Waals surface area contributed by atoms with E-state index < -0.39 is 0 Å². The molecular formula is C17H25N3O2. The van der Waals surface area contributed by atoms with E-state index in [4.69, 9.17) is 4.52 Å². The van der Waals surface area contributed by atoms with Gasteiger partial charge in [0.25, 0.3) is 5.91 Å². The van der Waals surface area contributed by atoms with Gasteiger partial charge in [0.1, 0.15) is 11.3 Å². The lowest BCUT2D eigenvalue weighted by atomic mass is 9.86. The molecule has 2 aliphatic heterocycles. The fourth-order valence-electron chi connectivity index (χ4n) is 4.13. The fraction of sp³-hybridized carbons (Fsp3) is 0.647. The Morgan fingerprint density at radius 3 is 2.73 bits per heavy atom. The van der Waals surface area contributed by atoms with Gasteiger partial charge in [-0.2, -0.15) is 0 Å². The van der Waals surface area contributed by atoms with E-state index in [0.29, 0.717) is 17.0 Å². The molecule has 2 aliphatic rings. The van der Waals surface area contributed by atoms with Gasteiger partial charge in [-0.15, -0.1) is 6.58 Å². The molecule has 2 fully saturated rings. The third-order valence-electron chi connectivity index (χ3n) is 5.18. The van der Waals surface area contributed by atoms with Crippen molar-refractivity contribution in [3.8, 4) is 0 Å². The van der Waals surface area contributed by atoms with Gasteiger partial charge in [-0.3, -0.25) is 9.69 Å². The quantitative estimate of drug-likeness (QED) is 0.805. The predicted molar refractivity (Wildman–Crippen MR) is 84.8 cm³/mol. The summed E-state index contributed by atoms with van der Waals surface area (Å²) in [7, 11) is 0. The molecule has 0 saturated carbocycles. The summed E-state index contributed by atoms with van der Waals surface area (Å²) >= 11 is 0. The van der Waals surface area contributed by atoms with Gasteiger partial charge >= 0.3 is 0 Å². The summed E-state index contributed by atoms with van der Waals surface area (Å²) in [5, 5.41) is 3.92. The second-order valence-electron chi connectivity index (χ2n) is 6.59. The number of carbonyl (C=O) groups is 1. The lowest BCUT2D eigenvalue weighted by Gasteiger charge is -2.45. The summed E-state index contributed by atoms with van der Waals surface area (Å²) < 4.78 is 5.16. The summed E-state index contributed by atoms with van der Waals surface area (Å²) in [6.07, 6.45) is 6.59. The van der Waals surface area contributed by atoms with Crippen LogP contribution in [-0.2, 0) is 0 Å². The minimum absolute atomic E-state index is 0.0702. The molecule has 3 heterocycles. The summed E-state index contributed by atoms with van der Waals surface area (Å²) in [6, 6.07) is 0. The van der Waals surface area contributed by atoms with Crippen LogP contribution in [0.3, 0.4) is 0 Å².